The lowest BCUT2D eigenvalue weighted by Gasteiger charge is -2.10. The minimum atomic E-state index is -5.14. The van der Waals surface area contributed by atoms with Crippen molar-refractivity contribution in [2.45, 2.75) is 16.4 Å². The second-order valence-corrected chi connectivity index (χ2v) is 9.84. The Morgan fingerprint density at radius 1 is 0.970 bits per heavy atom. The highest BCUT2D eigenvalue weighted by Crippen LogP contribution is 2.65. The van der Waals surface area contributed by atoms with Gasteiger partial charge in [-0.25, -0.2) is 0 Å². The average Bonchev–Trinajstić information content (AvgIpc) is 3.28. The van der Waals surface area contributed by atoms with Crippen molar-refractivity contribution in [2.24, 2.45) is 5.92 Å². The fourth-order valence-electron chi connectivity index (χ4n) is 3.22. The molecule has 33 heavy (non-hydrogen) atoms. The van der Waals surface area contributed by atoms with Gasteiger partial charge in [-0.2, -0.15) is 13.2 Å². The molecular formula is C20H12Cl5F3N2O3. The minimum absolute atomic E-state index is 0.0823. The fourth-order valence-corrected chi connectivity index (χ4v) is 4.81. The Morgan fingerprint density at radius 2 is 1.58 bits per heavy atom. The number of rotatable bonds is 6. The molecule has 0 saturated heterocycles. The van der Waals surface area contributed by atoms with E-state index in [9.17, 15) is 27.6 Å². The maximum atomic E-state index is 12.8. The van der Waals surface area contributed by atoms with E-state index in [1.165, 1.54) is 29.6 Å². The summed E-state index contributed by atoms with van der Waals surface area (Å²) in [6, 6.07) is 8.49. The van der Waals surface area contributed by atoms with Crippen LogP contribution >= 0.6 is 58.0 Å². The van der Waals surface area contributed by atoms with Crippen molar-refractivity contribution in [2.75, 3.05) is 11.9 Å². The molecule has 0 radical (unpaired) electrons. The summed E-state index contributed by atoms with van der Waals surface area (Å²) in [6.45, 7) is -0.942. The molecule has 2 aromatic carbocycles. The normalized spacial score (nSPS) is 19.0. The number of hydrogen-bond donors (Lipinski definition) is 2. The third-order valence-electron chi connectivity index (χ3n) is 4.78. The number of nitrogens with one attached hydrogen (secondary N) is 2. The molecule has 2 N–H and O–H groups in total. The summed E-state index contributed by atoms with van der Waals surface area (Å²) in [5.41, 5.74) is 0.479. The van der Waals surface area contributed by atoms with E-state index in [4.69, 9.17) is 58.0 Å². The van der Waals surface area contributed by atoms with Gasteiger partial charge in [-0.15, -0.1) is 23.2 Å². The second-order valence-electron chi connectivity index (χ2n) is 7.12. The molecule has 5 nitrogen and oxygen atoms in total. The van der Waals surface area contributed by atoms with E-state index < -0.39 is 46.5 Å². The van der Waals surface area contributed by atoms with E-state index >= 15 is 0 Å². The average molecular weight is 563 g/mol. The zero-order chi connectivity index (χ0) is 24.7. The maximum absolute atomic E-state index is 12.8. The Labute approximate surface area is 210 Å². The lowest BCUT2D eigenvalue weighted by atomic mass is 10.1. The standard InChI is InChI=1S/C20H12Cl5F3N2O3/c21-9-3-8(4-10(22)5-9)15-16(19(15,24)25)17(32)30-11-1-2-13(23)12(6-11)14(31)7-29-18(33)20(26,27)28/h1-6,15-16H,7H2,(H,29,33)(H,30,32). The van der Waals surface area contributed by atoms with Crippen LogP contribution in [0, 0.1) is 5.92 Å². The van der Waals surface area contributed by atoms with E-state index in [2.05, 4.69) is 5.32 Å². The van der Waals surface area contributed by atoms with Crippen LogP contribution in [-0.4, -0.2) is 34.7 Å². The molecule has 1 fully saturated rings. The SMILES string of the molecule is O=C(CNC(=O)C(F)(F)F)c1cc(NC(=O)C2C(c3cc(Cl)cc(Cl)c3)C2(Cl)Cl)ccc1Cl. The van der Waals surface area contributed by atoms with Crippen LogP contribution in [-0.2, 0) is 9.59 Å². The highest BCUT2D eigenvalue weighted by molar-refractivity contribution is 6.53. The third kappa shape index (κ3) is 5.87. The van der Waals surface area contributed by atoms with Gasteiger partial charge in [0.2, 0.25) is 5.91 Å². The predicted molar refractivity (Wildman–Crippen MR) is 121 cm³/mol. The molecule has 2 unspecified atom stereocenters. The quantitative estimate of drug-likeness (QED) is 0.333. The zero-order valence-corrected chi connectivity index (χ0v) is 19.9. The molecule has 1 saturated carbocycles. The monoisotopic (exact) mass is 560 g/mol. The molecule has 0 heterocycles. The lowest BCUT2D eigenvalue weighted by Crippen LogP contribution is -2.39. The van der Waals surface area contributed by atoms with Crippen LogP contribution in [0.5, 0.6) is 0 Å². The third-order valence-corrected chi connectivity index (χ3v) is 6.49. The number of carbonyl (C=O) groups is 3. The number of amides is 2. The maximum Gasteiger partial charge on any atom is 0.471 e. The van der Waals surface area contributed by atoms with Gasteiger partial charge in [-0.05, 0) is 42.0 Å². The molecule has 0 bridgehead atoms. The van der Waals surface area contributed by atoms with E-state index in [1.807, 2.05) is 0 Å². The first kappa shape index (κ1) is 25.9. The molecule has 0 aliphatic heterocycles. The summed E-state index contributed by atoms with van der Waals surface area (Å²) in [5.74, 6) is -5.22. The van der Waals surface area contributed by atoms with Crippen LogP contribution in [0.15, 0.2) is 36.4 Å². The summed E-state index contributed by atoms with van der Waals surface area (Å²) < 4.78 is 35.5. The zero-order valence-electron chi connectivity index (χ0n) is 16.1. The molecule has 176 valence electrons. The topological polar surface area (TPSA) is 75.3 Å². The van der Waals surface area contributed by atoms with Crippen LogP contribution in [0.2, 0.25) is 15.1 Å². The van der Waals surface area contributed by atoms with Gasteiger partial charge in [0.25, 0.3) is 0 Å². The van der Waals surface area contributed by atoms with Crippen molar-refractivity contribution in [3.8, 4) is 0 Å². The van der Waals surface area contributed by atoms with Crippen molar-refractivity contribution in [3.05, 3.63) is 62.6 Å². The number of Topliss-reactive ketones (excluding diaryl/α,β-unsaturated/α-hetero) is 1. The molecule has 13 heteroatoms. The summed E-state index contributed by atoms with van der Waals surface area (Å²) >= 11 is 30.5. The van der Waals surface area contributed by atoms with Crippen molar-refractivity contribution >= 4 is 81.3 Å². The van der Waals surface area contributed by atoms with Gasteiger partial charge >= 0.3 is 12.1 Å². The highest BCUT2D eigenvalue weighted by atomic mass is 35.5. The van der Waals surface area contributed by atoms with Gasteiger partial charge in [-0.3, -0.25) is 14.4 Å². The first-order valence-corrected chi connectivity index (χ1v) is 10.9. The molecule has 1 aliphatic rings. The first-order valence-electron chi connectivity index (χ1n) is 9.04. The van der Waals surface area contributed by atoms with E-state index in [-0.39, 0.29) is 16.3 Å². The Kier molecular flexibility index (Phi) is 7.46. The minimum Gasteiger partial charge on any atom is -0.341 e. The van der Waals surface area contributed by atoms with Gasteiger partial charge in [0.1, 0.15) is 4.33 Å². The Balaban J connectivity index is 1.73. The van der Waals surface area contributed by atoms with E-state index in [0.717, 1.165) is 0 Å². The van der Waals surface area contributed by atoms with Crippen molar-refractivity contribution in [3.63, 3.8) is 0 Å². The second kappa shape index (κ2) is 9.50. The van der Waals surface area contributed by atoms with Crippen LogP contribution < -0.4 is 10.6 Å². The lowest BCUT2D eigenvalue weighted by molar-refractivity contribution is -0.173. The van der Waals surface area contributed by atoms with Crippen molar-refractivity contribution < 1.29 is 27.6 Å². The summed E-state index contributed by atoms with van der Waals surface area (Å²) in [5, 5.41) is 4.61. The highest BCUT2D eigenvalue weighted by Gasteiger charge is 2.67. The number of halogens is 8. The van der Waals surface area contributed by atoms with Gasteiger partial charge in [0.15, 0.2) is 5.78 Å². The van der Waals surface area contributed by atoms with Crippen LogP contribution in [0.25, 0.3) is 0 Å². The number of benzene rings is 2. The number of hydrogen-bond acceptors (Lipinski definition) is 3. The molecule has 1 aliphatic carbocycles. The Morgan fingerprint density at radius 3 is 2.15 bits per heavy atom. The smallest absolute Gasteiger partial charge is 0.341 e. The molecule has 3 rings (SSSR count). The molecule has 0 spiro atoms. The summed E-state index contributed by atoms with van der Waals surface area (Å²) in [4.78, 5) is 35.9. The molecule has 2 aromatic rings. The molecular weight excluding hydrogens is 550 g/mol. The molecule has 2 amide bonds. The van der Waals surface area contributed by atoms with E-state index in [0.29, 0.717) is 15.6 Å². The van der Waals surface area contributed by atoms with Crippen LogP contribution in [0.4, 0.5) is 18.9 Å². The Hall–Kier alpha value is -1.71. The van der Waals surface area contributed by atoms with E-state index in [1.54, 1.807) is 12.1 Å². The van der Waals surface area contributed by atoms with Crippen molar-refractivity contribution in [1.29, 1.82) is 0 Å². The molecule has 0 aromatic heterocycles. The molecule has 2 atom stereocenters. The number of alkyl halides is 5. The van der Waals surface area contributed by atoms with Gasteiger partial charge in [0.05, 0.1) is 17.5 Å². The Bertz CT molecular complexity index is 1120. The largest absolute Gasteiger partial charge is 0.471 e. The number of carbonyl (C=O) groups excluding carboxylic acids is 3. The number of anilines is 1. The van der Waals surface area contributed by atoms with Crippen LogP contribution in [0.3, 0.4) is 0 Å². The summed E-state index contributed by atoms with van der Waals surface area (Å²) in [6.07, 6.45) is -5.14. The fraction of sp³-hybridized carbons (Fsp3) is 0.250. The van der Waals surface area contributed by atoms with Gasteiger partial charge in [-0.1, -0.05) is 34.8 Å². The first-order chi connectivity index (χ1) is 15.2. The number of ketones is 1. The van der Waals surface area contributed by atoms with Crippen LogP contribution in [0.1, 0.15) is 21.8 Å². The summed E-state index contributed by atoms with van der Waals surface area (Å²) in [7, 11) is 0. The predicted octanol–water partition coefficient (Wildman–Crippen LogP) is 6.03. The van der Waals surface area contributed by atoms with Crippen molar-refractivity contribution in [1.82, 2.24) is 5.32 Å². The van der Waals surface area contributed by atoms with Gasteiger partial charge in [0, 0.05) is 27.2 Å². The van der Waals surface area contributed by atoms with Gasteiger partial charge < -0.3 is 10.6 Å².